The number of ether oxygens (including phenoxy) is 1. The summed E-state index contributed by atoms with van der Waals surface area (Å²) in [5.41, 5.74) is 0.136. The van der Waals surface area contributed by atoms with Crippen LogP contribution in [0.2, 0.25) is 0 Å². The molecule has 3 aromatic carbocycles. The second-order valence-corrected chi connectivity index (χ2v) is 10.2. The summed E-state index contributed by atoms with van der Waals surface area (Å²) in [6, 6.07) is 18.1. The molecule has 2 fully saturated rings. The first-order valence-electron chi connectivity index (χ1n) is 12.6. The minimum atomic E-state index is -4.55. The molecular formula is C29H21F3N4O4. The monoisotopic (exact) mass is 546 g/mol. The van der Waals surface area contributed by atoms with Crippen LogP contribution in [0.15, 0.2) is 77.9 Å². The standard InChI is InChI=1S/C29H21F3N4O4/c1-40-18-12-6-15(7-13-18)14-35-23-19-4-2-3-5-20(19)24-28(35,22-21(23)25(37)33-26(22)38)27(39)36(34-24)17-10-8-16(9-11-17)29(30,31)32/h2-13,21-23H,14H2,1H3,(H,33,37,38)/t21-,22-,23-,28-/m0/s1. The normalized spacial score (nSPS) is 26.8. The van der Waals surface area contributed by atoms with Crippen molar-refractivity contribution in [3.63, 3.8) is 0 Å². The van der Waals surface area contributed by atoms with Gasteiger partial charge in [-0.25, -0.2) is 0 Å². The van der Waals surface area contributed by atoms with Gasteiger partial charge in [-0.05, 0) is 47.5 Å². The van der Waals surface area contributed by atoms with Crippen molar-refractivity contribution in [1.82, 2.24) is 10.2 Å². The van der Waals surface area contributed by atoms with Gasteiger partial charge in [-0.3, -0.25) is 24.6 Å². The van der Waals surface area contributed by atoms with Crippen LogP contribution in [0, 0.1) is 11.8 Å². The number of hydrogen-bond donors (Lipinski definition) is 1. The first kappa shape index (κ1) is 24.5. The lowest BCUT2D eigenvalue weighted by Gasteiger charge is -2.43. The second kappa shape index (κ2) is 8.25. The van der Waals surface area contributed by atoms with Gasteiger partial charge in [0.1, 0.15) is 5.75 Å². The van der Waals surface area contributed by atoms with Gasteiger partial charge < -0.3 is 4.74 Å². The number of amides is 3. The molecule has 0 radical (unpaired) electrons. The molecule has 0 saturated carbocycles. The Kier molecular flexibility index (Phi) is 5.06. The number of fused-ring (bicyclic) bond motifs is 6. The molecule has 11 heteroatoms. The van der Waals surface area contributed by atoms with E-state index in [0.717, 1.165) is 28.3 Å². The predicted octanol–water partition coefficient (Wildman–Crippen LogP) is 3.66. The summed E-state index contributed by atoms with van der Waals surface area (Å²) in [5, 5.41) is 8.15. The van der Waals surface area contributed by atoms with Gasteiger partial charge in [0.25, 0.3) is 5.91 Å². The number of benzene rings is 3. The van der Waals surface area contributed by atoms with Crippen molar-refractivity contribution in [3.05, 3.63) is 95.1 Å². The quantitative estimate of drug-likeness (QED) is 0.505. The Morgan fingerprint density at radius 1 is 0.950 bits per heavy atom. The Labute approximate surface area is 226 Å². The molecule has 0 unspecified atom stereocenters. The van der Waals surface area contributed by atoms with E-state index in [1.165, 1.54) is 12.1 Å². The van der Waals surface area contributed by atoms with E-state index in [-0.39, 0.29) is 12.2 Å². The molecule has 40 heavy (non-hydrogen) atoms. The minimum absolute atomic E-state index is 0.126. The molecule has 4 aliphatic heterocycles. The van der Waals surface area contributed by atoms with Gasteiger partial charge in [-0.1, -0.05) is 36.4 Å². The molecule has 2 bridgehead atoms. The number of carbonyl (C=O) groups excluding carboxylic acids is 3. The number of anilines is 1. The topological polar surface area (TPSA) is 91.3 Å². The molecule has 1 spiro atoms. The molecular weight excluding hydrogens is 525 g/mol. The van der Waals surface area contributed by atoms with Gasteiger partial charge in [0.15, 0.2) is 5.54 Å². The van der Waals surface area contributed by atoms with Crippen LogP contribution in [0.25, 0.3) is 0 Å². The molecule has 3 aromatic rings. The number of imide groups is 1. The third-order valence-corrected chi connectivity index (χ3v) is 8.33. The van der Waals surface area contributed by atoms with E-state index >= 15 is 0 Å². The van der Waals surface area contributed by atoms with Gasteiger partial charge in [-0.15, -0.1) is 0 Å². The zero-order valence-corrected chi connectivity index (χ0v) is 21.0. The molecule has 0 aromatic heterocycles. The summed E-state index contributed by atoms with van der Waals surface area (Å²) >= 11 is 0. The number of carbonyl (C=O) groups is 3. The first-order valence-corrected chi connectivity index (χ1v) is 12.6. The Balaban J connectivity index is 1.43. The number of hydrogen-bond acceptors (Lipinski definition) is 6. The zero-order chi connectivity index (χ0) is 28.0. The SMILES string of the molecule is COc1ccc(CN2[C@H]3c4ccccc4C4=NN(c5ccc(C(F)(F)F)cc5)C(=O)[C@]42[C@@H]2C(=O)NC(=O)[C@@H]23)cc1. The average molecular weight is 547 g/mol. The summed E-state index contributed by atoms with van der Waals surface area (Å²) in [6.45, 7) is 0.210. The maximum atomic E-state index is 14.5. The fourth-order valence-electron chi connectivity index (χ4n) is 6.70. The highest BCUT2D eigenvalue weighted by atomic mass is 19.4. The number of methoxy groups -OCH3 is 1. The van der Waals surface area contributed by atoms with Crippen LogP contribution in [-0.4, -0.2) is 41.0 Å². The number of nitrogens with one attached hydrogen (secondary N) is 1. The van der Waals surface area contributed by atoms with Crippen molar-refractivity contribution in [2.24, 2.45) is 16.9 Å². The number of halogens is 3. The van der Waals surface area contributed by atoms with E-state index in [1.807, 2.05) is 29.2 Å². The zero-order valence-electron chi connectivity index (χ0n) is 21.0. The largest absolute Gasteiger partial charge is 0.497 e. The summed E-state index contributed by atoms with van der Waals surface area (Å²) in [4.78, 5) is 43.0. The van der Waals surface area contributed by atoms with Crippen LogP contribution in [0.3, 0.4) is 0 Å². The van der Waals surface area contributed by atoms with E-state index in [4.69, 9.17) is 4.74 Å². The van der Waals surface area contributed by atoms with Crippen molar-refractivity contribution < 1.29 is 32.3 Å². The molecule has 202 valence electrons. The Morgan fingerprint density at radius 3 is 2.33 bits per heavy atom. The predicted molar refractivity (Wildman–Crippen MR) is 136 cm³/mol. The number of rotatable bonds is 4. The average Bonchev–Trinajstić information content (AvgIpc) is 3.50. The summed E-state index contributed by atoms with van der Waals surface area (Å²) < 4.78 is 45.0. The van der Waals surface area contributed by atoms with Gasteiger partial charge in [-0.2, -0.15) is 23.3 Å². The molecule has 2 saturated heterocycles. The second-order valence-electron chi connectivity index (χ2n) is 10.2. The smallest absolute Gasteiger partial charge is 0.416 e. The van der Waals surface area contributed by atoms with Crippen molar-refractivity contribution in [2.75, 3.05) is 12.1 Å². The van der Waals surface area contributed by atoms with Gasteiger partial charge in [0.2, 0.25) is 11.8 Å². The minimum Gasteiger partial charge on any atom is -0.497 e. The lowest BCUT2D eigenvalue weighted by Crippen LogP contribution is -2.63. The van der Waals surface area contributed by atoms with E-state index < -0.39 is 52.9 Å². The van der Waals surface area contributed by atoms with E-state index in [2.05, 4.69) is 10.4 Å². The Morgan fingerprint density at radius 2 is 1.65 bits per heavy atom. The number of hydrazone groups is 1. The highest BCUT2D eigenvalue weighted by Gasteiger charge is 2.77. The van der Waals surface area contributed by atoms with Crippen LogP contribution in [-0.2, 0) is 27.1 Å². The van der Waals surface area contributed by atoms with Gasteiger partial charge in [0, 0.05) is 18.2 Å². The molecule has 1 N–H and O–H groups in total. The van der Waals surface area contributed by atoms with E-state index in [0.29, 0.717) is 17.0 Å². The fourth-order valence-corrected chi connectivity index (χ4v) is 6.70. The number of nitrogens with zero attached hydrogens (tertiary/aromatic N) is 3. The lowest BCUT2D eigenvalue weighted by atomic mass is 9.75. The van der Waals surface area contributed by atoms with Crippen LogP contribution in [0.1, 0.15) is 28.3 Å². The summed E-state index contributed by atoms with van der Waals surface area (Å²) in [6.07, 6.45) is -4.55. The summed E-state index contributed by atoms with van der Waals surface area (Å²) in [5.74, 6) is -2.90. The van der Waals surface area contributed by atoms with Gasteiger partial charge >= 0.3 is 6.18 Å². The van der Waals surface area contributed by atoms with Crippen LogP contribution < -0.4 is 15.1 Å². The van der Waals surface area contributed by atoms with Crippen molar-refractivity contribution in [1.29, 1.82) is 0 Å². The van der Waals surface area contributed by atoms with Crippen molar-refractivity contribution in [3.8, 4) is 5.75 Å². The first-order chi connectivity index (χ1) is 19.2. The molecule has 3 amide bonds. The maximum Gasteiger partial charge on any atom is 0.416 e. The fraction of sp³-hybridized carbons (Fsp3) is 0.241. The molecule has 4 aliphatic rings. The van der Waals surface area contributed by atoms with Crippen molar-refractivity contribution in [2.45, 2.75) is 24.3 Å². The molecule has 4 atom stereocenters. The Bertz CT molecular complexity index is 1620. The van der Waals surface area contributed by atoms with Gasteiger partial charge in [0.05, 0.1) is 35.9 Å². The highest BCUT2D eigenvalue weighted by molar-refractivity contribution is 6.33. The van der Waals surface area contributed by atoms with Crippen LogP contribution >= 0.6 is 0 Å². The van der Waals surface area contributed by atoms with Crippen LogP contribution in [0.5, 0.6) is 5.75 Å². The summed E-state index contributed by atoms with van der Waals surface area (Å²) in [7, 11) is 1.55. The van der Waals surface area contributed by atoms with Crippen molar-refractivity contribution >= 4 is 29.1 Å². The molecule has 0 aliphatic carbocycles. The number of alkyl halides is 3. The Hall–Kier alpha value is -4.51. The van der Waals surface area contributed by atoms with Crippen LogP contribution in [0.4, 0.5) is 18.9 Å². The molecule has 8 nitrogen and oxygen atoms in total. The third-order valence-electron chi connectivity index (χ3n) is 8.33. The third kappa shape index (κ3) is 3.12. The van der Waals surface area contributed by atoms with E-state index in [1.54, 1.807) is 31.4 Å². The molecule has 7 rings (SSSR count). The molecule has 4 heterocycles. The highest BCUT2D eigenvalue weighted by Crippen LogP contribution is 2.61. The van der Waals surface area contributed by atoms with E-state index in [9.17, 15) is 27.6 Å². The lowest BCUT2D eigenvalue weighted by molar-refractivity contribution is -0.137. The maximum absolute atomic E-state index is 14.5.